The van der Waals surface area contributed by atoms with E-state index in [1.165, 1.54) is 13.8 Å². The van der Waals surface area contributed by atoms with Gasteiger partial charge < -0.3 is 50.9 Å². The second-order valence-corrected chi connectivity index (χ2v) is 18.4. The van der Waals surface area contributed by atoms with Crippen LogP contribution >= 0.6 is 46.8 Å². The number of thioether (sulfide) groups is 1. The van der Waals surface area contributed by atoms with Gasteiger partial charge in [-0.3, -0.25) is 32.5 Å². The first-order valence-electron chi connectivity index (χ1n) is 16.3. The molecule has 2 amide bonds. The van der Waals surface area contributed by atoms with Gasteiger partial charge in [0.25, 0.3) is 0 Å². The van der Waals surface area contributed by atoms with Crippen molar-refractivity contribution in [2.45, 2.75) is 50.9 Å². The van der Waals surface area contributed by atoms with Crippen LogP contribution in [0.15, 0.2) is 36.9 Å². The number of carbonyl (C=O) groups is 3. The Hall–Kier alpha value is -2.93. The van der Waals surface area contributed by atoms with Crippen LogP contribution in [-0.2, 0) is 45.9 Å². The van der Waals surface area contributed by atoms with E-state index in [0.717, 1.165) is 29.0 Å². The molecule has 24 nitrogen and oxygen atoms in total. The molecule has 7 atom stereocenters. The van der Waals surface area contributed by atoms with Crippen molar-refractivity contribution in [1.29, 1.82) is 0 Å². The summed E-state index contributed by atoms with van der Waals surface area (Å²) in [5, 5.41) is 26.4. The number of imidazole rings is 1. The Balaban J connectivity index is 1.23. The Morgan fingerprint density at radius 2 is 1.74 bits per heavy atom. The molecule has 316 valence electrons. The molecule has 0 radical (unpaired) electrons. The second kappa shape index (κ2) is 19.4. The number of halogens is 1. The lowest BCUT2D eigenvalue weighted by molar-refractivity contribution is -0.137. The minimum absolute atomic E-state index is 0.0263. The number of amides is 2. The molecule has 1 aromatic carbocycles. The largest absolute Gasteiger partial charge is 0.481 e. The normalized spacial score (nSPS) is 21.4. The van der Waals surface area contributed by atoms with Crippen molar-refractivity contribution in [2.24, 2.45) is 5.41 Å². The van der Waals surface area contributed by atoms with Gasteiger partial charge in [-0.25, -0.2) is 28.6 Å². The van der Waals surface area contributed by atoms with Crippen molar-refractivity contribution < 1.29 is 80.5 Å². The molecule has 29 heteroatoms. The fraction of sp³-hybridized carbons (Fsp3) is 0.500. The number of nitrogens with zero attached hydrogens (tertiary/aromatic N) is 4. The van der Waals surface area contributed by atoms with Gasteiger partial charge in [-0.05, 0) is 12.1 Å². The number of aliphatic hydroxyl groups excluding tert-OH is 2. The van der Waals surface area contributed by atoms with Gasteiger partial charge in [0.1, 0.15) is 36.3 Å². The quantitative estimate of drug-likeness (QED) is 0.0554. The molecule has 2 unspecified atom stereocenters. The number of nitrogens with one attached hydrogen (secondary N) is 2. The number of hydrogen-bond acceptors (Lipinski definition) is 18. The molecule has 2 aromatic heterocycles. The fourth-order valence-electron chi connectivity index (χ4n) is 4.98. The highest BCUT2D eigenvalue weighted by Gasteiger charge is 2.50. The smallest absolute Gasteiger partial charge is 0.386 e. The number of phosphoric acid groups is 3. The Kier molecular flexibility index (Phi) is 15.9. The van der Waals surface area contributed by atoms with Crippen molar-refractivity contribution in [3.05, 3.63) is 47.5 Å². The first-order valence-corrected chi connectivity index (χ1v) is 22.2. The summed E-state index contributed by atoms with van der Waals surface area (Å²) >= 11 is 6.96. The maximum absolute atomic E-state index is 12.7. The van der Waals surface area contributed by atoms with E-state index in [2.05, 4.69) is 34.4 Å². The SMILES string of the molecule is CC(C)(COP(=O)(O)OP(=O)(O)OC[C@H]1O[C@@H](n2cnc3c(N)ncnc32)[C@H](O)[C@@H]1OP(=O)(O)O)[C@@H](O)C(=O)NCCC(=O)NCCSC(=O)c1ccccc1Cl. The van der Waals surface area contributed by atoms with E-state index in [-0.39, 0.29) is 47.4 Å². The standard InChI is InChI=1S/C28H39ClN7O17P3S/c1-28(2,22(39)25(40)32-8-7-18(37)31-9-10-57-27(41)15-5-3-4-6-16(15)29)12-50-56(47,48)53-55(45,46)49-11-17-21(52-54(42,43)44)20(38)26(51-17)36-14-35-19-23(30)33-13-34-24(19)36/h3-6,13-14,17,20-22,26,38-39H,7-12H2,1-2H3,(H,31,37)(H,32,40)(H,45,46)(H,47,48)(H2,30,33,34)(H2,42,43,44)/t17-,20-,21-,22+,26-/m1/s1. The number of aliphatic hydroxyl groups is 2. The average Bonchev–Trinajstić information content (AvgIpc) is 3.68. The third-order valence-corrected chi connectivity index (χ3v) is 12.1. The third kappa shape index (κ3) is 13.3. The summed E-state index contributed by atoms with van der Waals surface area (Å²) < 4.78 is 62.1. The lowest BCUT2D eigenvalue weighted by atomic mass is 9.87. The molecule has 0 aliphatic carbocycles. The Labute approximate surface area is 332 Å². The predicted molar refractivity (Wildman–Crippen MR) is 198 cm³/mol. The van der Waals surface area contributed by atoms with Crippen LogP contribution in [0, 0.1) is 5.41 Å². The molecule has 1 aliphatic rings. The number of phosphoric ester groups is 3. The minimum Gasteiger partial charge on any atom is -0.386 e. The number of hydrogen-bond donors (Lipinski definition) is 9. The van der Waals surface area contributed by atoms with Crippen molar-refractivity contribution in [1.82, 2.24) is 30.2 Å². The predicted octanol–water partition coefficient (Wildman–Crippen LogP) is 0.632. The molecule has 1 aliphatic heterocycles. The summed E-state index contributed by atoms with van der Waals surface area (Å²) in [5.41, 5.74) is 4.57. The maximum Gasteiger partial charge on any atom is 0.481 e. The van der Waals surface area contributed by atoms with E-state index in [4.69, 9.17) is 31.1 Å². The molecule has 0 saturated carbocycles. The molecule has 1 saturated heterocycles. The van der Waals surface area contributed by atoms with Crippen LogP contribution in [-0.4, -0.2) is 123 Å². The zero-order valence-electron chi connectivity index (χ0n) is 29.8. The van der Waals surface area contributed by atoms with Gasteiger partial charge in [-0.1, -0.05) is 49.3 Å². The van der Waals surface area contributed by atoms with Crippen molar-refractivity contribution in [3.63, 3.8) is 0 Å². The second-order valence-electron chi connectivity index (χ2n) is 12.7. The zero-order chi connectivity index (χ0) is 42.3. The van der Waals surface area contributed by atoms with E-state index in [1.54, 1.807) is 24.3 Å². The number of fused-ring (bicyclic) bond motifs is 1. The number of rotatable bonds is 20. The van der Waals surface area contributed by atoms with Crippen molar-refractivity contribution in [2.75, 3.05) is 37.8 Å². The van der Waals surface area contributed by atoms with Crippen LogP contribution in [0.25, 0.3) is 11.2 Å². The summed E-state index contributed by atoms with van der Waals surface area (Å²) in [7, 11) is -16.4. The monoisotopic (exact) mass is 905 g/mol. The fourth-order valence-corrected chi connectivity index (χ4v) is 8.81. The minimum atomic E-state index is -5.58. The summed E-state index contributed by atoms with van der Waals surface area (Å²) in [5.74, 6) is -1.27. The molecule has 57 heavy (non-hydrogen) atoms. The molecular formula is C28H39ClN7O17P3S. The number of carbonyl (C=O) groups excluding carboxylic acids is 3. The highest BCUT2D eigenvalue weighted by atomic mass is 35.5. The van der Waals surface area contributed by atoms with E-state index >= 15 is 0 Å². The van der Waals surface area contributed by atoms with E-state index in [0.29, 0.717) is 10.6 Å². The van der Waals surface area contributed by atoms with Gasteiger partial charge >= 0.3 is 23.5 Å². The van der Waals surface area contributed by atoms with E-state index in [1.807, 2.05) is 0 Å². The molecule has 0 spiro atoms. The van der Waals surface area contributed by atoms with Gasteiger partial charge in [0, 0.05) is 36.2 Å². The van der Waals surface area contributed by atoms with Crippen LogP contribution in [0.3, 0.4) is 0 Å². The highest BCUT2D eigenvalue weighted by molar-refractivity contribution is 8.14. The third-order valence-electron chi connectivity index (χ3n) is 7.83. The first kappa shape index (κ1) is 46.8. The van der Waals surface area contributed by atoms with Crippen LogP contribution < -0.4 is 16.4 Å². The molecular weight excluding hydrogens is 867 g/mol. The molecule has 1 fully saturated rings. The Bertz CT molecular complexity index is 2080. The van der Waals surface area contributed by atoms with Crippen molar-refractivity contribution >= 4 is 80.7 Å². The first-order chi connectivity index (χ1) is 26.5. The molecule has 3 heterocycles. The molecule has 10 N–H and O–H groups in total. The maximum atomic E-state index is 12.7. The van der Waals surface area contributed by atoms with Crippen LogP contribution in [0.5, 0.6) is 0 Å². The average molecular weight is 906 g/mol. The van der Waals surface area contributed by atoms with Crippen LogP contribution in [0.1, 0.15) is 36.9 Å². The highest BCUT2D eigenvalue weighted by Crippen LogP contribution is 2.61. The van der Waals surface area contributed by atoms with Gasteiger partial charge in [0.2, 0.25) is 16.9 Å². The topological polar surface area (TPSA) is 364 Å². The Morgan fingerprint density at radius 1 is 1.05 bits per heavy atom. The number of anilines is 1. The Morgan fingerprint density at radius 3 is 2.42 bits per heavy atom. The van der Waals surface area contributed by atoms with Crippen LogP contribution in [0.2, 0.25) is 5.02 Å². The van der Waals surface area contributed by atoms with Gasteiger partial charge in [-0.2, -0.15) is 4.31 Å². The van der Waals surface area contributed by atoms with E-state index in [9.17, 15) is 57.9 Å². The number of nitrogen functional groups attached to an aromatic ring is 1. The lowest BCUT2D eigenvalue weighted by Gasteiger charge is -2.30. The van der Waals surface area contributed by atoms with Gasteiger partial charge in [0.15, 0.2) is 17.7 Å². The number of benzene rings is 1. The summed E-state index contributed by atoms with van der Waals surface area (Å²) in [6.07, 6.45) is -6.99. The zero-order valence-corrected chi connectivity index (χ0v) is 34.0. The van der Waals surface area contributed by atoms with Crippen LogP contribution in [0.4, 0.5) is 5.82 Å². The van der Waals surface area contributed by atoms with Crippen molar-refractivity contribution in [3.8, 4) is 0 Å². The lowest BCUT2D eigenvalue weighted by Crippen LogP contribution is -2.46. The number of aromatic nitrogens is 4. The molecule has 4 rings (SSSR count). The number of nitrogens with two attached hydrogens (primary N) is 1. The number of ether oxygens (including phenoxy) is 1. The van der Waals surface area contributed by atoms with E-state index < -0.39 is 84.6 Å². The van der Waals surface area contributed by atoms with Gasteiger partial charge in [0.05, 0.1) is 24.6 Å². The molecule has 3 aromatic rings. The summed E-state index contributed by atoms with van der Waals surface area (Å²) in [6.45, 7) is 0.359. The summed E-state index contributed by atoms with van der Waals surface area (Å²) in [4.78, 5) is 87.9. The molecule has 0 bridgehead atoms. The van der Waals surface area contributed by atoms with Gasteiger partial charge in [-0.15, -0.1) is 0 Å². The summed E-state index contributed by atoms with van der Waals surface area (Å²) in [6, 6.07) is 6.51.